The van der Waals surface area contributed by atoms with E-state index in [-0.39, 0.29) is 5.54 Å². The van der Waals surface area contributed by atoms with Crippen LogP contribution in [0.25, 0.3) is 0 Å². The van der Waals surface area contributed by atoms with E-state index in [0.29, 0.717) is 19.6 Å². The first-order chi connectivity index (χ1) is 5.56. The lowest BCUT2D eigenvalue weighted by atomic mass is 10.1. The van der Waals surface area contributed by atoms with Crippen molar-refractivity contribution in [3.63, 3.8) is 0 Å². The lowest BCUT2D eigenvalue weighted by Crippen LogP contribution is -2.37. The van der Waals surface area contributed by atoms with E-state index in [0.717, 1.165) is 12.8 Å². The van der Waals surface area contributed by atoms with Crippen molar-refractivity contribution in [2.24, 2.45) is 5.73 Å². The second-order valence-electron chi connectivity index (χ2n) is 3.66. The summed E-state index contributed by atoms with van der Waals surface area (Å²) in [6.07, 6.45) is 2.49. The summed E-state index contributed by atoms with van der Waals surface area (Å²) in [5.41, 5.74) is 5.46. The van der Waals surface area contributed by atoms with Crippen molar-refractivity contribution < 1.29 is 4.74 Å². The fourth-order valence-corrected chi connectivity index (χ4v) is 0.743. The highest BCUT2D eigenvalue weighted by molar-refractivity contribution is 4.70. The Kier molecular flexibility index (Phi) is 5.69. The van der Waals surface area contributed by atoms with Gasteiger partial charge in [-0.25, -0.2) is 0 Å². The van der Waals surface area contributed by atoms with Gasteiger partial charge in [0.05, 0.1) is 12.7 Å². The van der Waals surface area contributed by atoms with Gasteiger partial charge in [-0.1, -0.05) is 0 Å². The van der Waals surface area contributed by atoms with Crippen molar-refractivity contribution in [3.05, 3.63) is 0 Å². The fraction of sp³-hybridized carbons (Fsp3) is 0.889. The Labute approximate surface area is 74.5 Å². The first kappa shape index (κ1) is 11.4. The van der Waals surface area contributed by atoms with Crippen LogP contribution in [0.15, 0.2) is 0 Å². The molecule has 0 saturated carbocycles. The molecule has 3 nitrogen and oxygen atoms in total. The molecule has 0 fully saturated rings. The summed E-state index contributed by atoms with van der Waals surface area (Å²) >= 11 is 0. The molecule has 0 aliphatic rings. The average Bonchev–Trinajstić information content (AvgIpc) is 1.94. The van der Waals surface area contributed by atoms with Crippen LogP contribution in [0.5, 0.6) is 0 Å². The average molecular weight is 170 g/mol. The fourth-order valence-electron chi connectivity index (χ4n) is 0.743. The van der Waals surface area contributed by atoms with Crippen LogP contribution in [0.2, 0.25) is 0 Å². The zero-order valence-corrected chi connectivity index (χ0v) is 7.97. The van der Waals surface area contributed by atoms with E-state index in [1.54, 1.807) is 0 Å². The van der Waals surface area contributed by atoms with Crippen LogP contribution in [0.1, 0.15) is 33.1 Å². The number of nitrogens with two attached hydrogens (primary N) is 1. The van der Waals surface area contributed by atoms with Crippen molar-refractivity contribution in [1.82, 2.24) is 0 Å². The first-order valence-electron chi connectivity index (χ1n) is 4.30. The van der Waals surface area contributed by atoms with Gasteiger partial charge in [-0.15, -0.1) is 0 Å². The number of rotatable bonds is 6. The zero-order valence-electron chi connectivity index (χ0n) is 7.97. The highest BCUT2D eigenvalue weighted by atomic mass is 16.5. The van der Waals surface area contributed by atoms with Gasteiger partial charge >= 0.3 is 0 Å². The van der Waals surface area contributed by atoms with E-state index < -0.39 is 0 Å². The molecule has 0 saturated heterocycles. The van der Waals surface area contributed by atoms with E-state index in [4.69, 9.17) is 15.7 Å². The largest absolute Gasteiger partial charge is 0.380 e. The summed E-state index contributed by atoms with van der Waals surface area (Å²) in [6, 6.07) is 2.09. The number of unbranched alkanes of at least 4 members (excludes halogenated alkanes) is 2. The number of hydrogen-bond acceptors (Lipinski definition) is 3. The van der Waals surface area contributed by atoms with Gasteiger partial charge in [-0.3, -0.25) is 0 Å². The molecule has 0 radical (unpaired) electrons. The molecule has 0 spiro atoms. The maximum atomic E-state index is 8.24. The van der Waals surface area contributed by atoms with Crippen molar-refractivity contribution in [2.45, 2.75) is 38.6 Å². The van der Waals surface area contributed by atoms with Crippen LogP contribution in [0.4, 0.5) is 0 Å². The van der Waals surface area contributed by atoms with Crippen molar-refractivity contribution in [1.29, 1.82) is 5.26 Å². The van der Waals surface area contributed by atoms with Gasteiger partial charge in [0.15, 0.2) is 0 Å². The molecule has 0 amide bonds. The molecule has 3 heteroatoms. The molecule has 0 atom stereocenters. The summed E-state index contributed by atoms with van der Waals surface area (Å²) in [7, 11) is 0. The van der Waals surface area contributed by atoms with Crippen LogP contribution < -0.4 is 5.73 Å². The predicted molar refractivity (Wildman–Crippen MR) is 48.5 cm³/mol. The van der Waals surface area contributed by atoms with E-state index >= 15 is 0 Å². The highest BCUT2D eigenvalue weighted by Gasteiger charge is 2.09. The maximum absolute atomic E-state index is 8.24. The molecule has 0 aromatic carbocycles. The van der Waals surface area contributed by atoms with Crippen LogP contribution in [0, 0.1) is 11.3 Å². The van der Waals surface area contributed by atoms with Gasteiger partial charge in [-0.05, 0) is 26.7 Å². The van der Waals surface area contributed by atoms with Gasteiger partial charge in [0.1, 0.15) is 0 Å². The minimum atomic E-state index is -0.241. The topological polar surface area (TPSA) is 59.0 Å². The lowest BCUT2D eigenvalue weighted by Gasteiger charge is -2.17. The van der Waals surface area contributed by atoms with Gasteiger partial charge in [0.2, 0.25) is 0 Å². The van der Waals surface area contributed by atoms with Crippen molar-refractivity contribution >= 4 is 0 Å². The summed E-state index contributed by atoms with van der Waals surface area (Å²) in [5, 5.41) is 8.24. The molecule has 0 bridgehead atoms. The monoisotopic (exact) mass is 170 g/mol. The predicted octanol–water partition coefficient (Wildman–Crippen LogP) is 1.43. The third kappa shape index (κ3) is 9.41. The van der Waals surface area contributed by atoms with Crippen LogP contribution >= 0.6 is 0 Å². The van der Waals surface area contributed by atoms with E-state index in [2.05, 4.69) is 6.07 Å². The Morgan fingerprint density at radius 1 is 1.42 bits per heavy atom. The molecular weight excluding hydrogens is 152 g/mol. The van der Waals surface area contributed by atoms with Crippen LogP contribution in [-0.2, 0) is 4.74 Å². The molecule has 0 aromatic heterocycles. The summed E-state index contributed by atoms with van der Waals surface area (Å²) in [4.78, 5) is 0. The minimum absolute atomic E-state index is 0.241. The normalized spacial score (nSPS) is 11.2. The number of ether oxygens (including phenoxy) is 1. The smallest absolute Gasteiger partial charge is 0.0640 e. The second-order valence-corrected chi connectivity index (χ2v) is 3.66. The number of nitriles is 1. The van der Waals surface area contributed by atoms with Crippen LogP contribution in [0.3, 0.4) is 0 Å². The second kappa shape index (κ2) is 5.99. The summed E-state index contributed by atoms with van der Waals surface area (Å²) in [6.45, 7) is 5.16. The SMILES string of the molecule is CC(C)(N)COCCCCC#N. The number of nitrogens with zero attached hydrogens (tertiary/aromatic N) is 1. The Hall–Kier alpha value is -0.590. The maximum Gasteiger partial charge on any atom is 0.0640 e. The standard InChI is InChI=1S/C9H18N2O/c1-9(2,11)8-12-7-5-3-4-6-10/h3-5,7-8,11H2,1-2H3. The van der Waals surface area contributed by atoms with Crippen LogP contribution in [-0.4, -0.2) is 18.8 Å². The first-order valence-corrected chi connectivity index (χ1v) is 4.30. The van der Waals surface area contributed by atoms with Gasteiger partial charge in [0.25, 0.3) is 0 Å². The third-order valence-electron chi connectivity index (χ3n) is 1.30. The Morgan fingerprint density at radius 2 is 2.08 bits per heavy atom. The Balaban J connectivity index is 3.07. The van der Waals surface area contributed by atoms with E-state index in [1.807, 2.05) is 13.8 Å². The molecule has 0 unspecified atom stereocenters. The molecule has 0 aliphatic heterocycles. The summed E-state index contributed by atoms with van der Waals surface area (Å²) < 4.78 is 5.31. The quantitative estimate of drug-likeness (QED) is 0.613. The molecular formula is C9H18N2O. The molecule has 0 aliphatic carbocycles. The molecule has 70 valence electrons. The van der Waals surface area contributed by atoms with E-state index in [9.17, 15) is 0 Å². The molecule has 12 heavy (non-hydrogen) atoms. The Bertz CT molecular complexity index is 144. The zero-order chi connectivity index (χ0) is 9.45. The highest BCUT2D eigenvalue weighted by Crippen LogP contribution is 1.99. The molecule has 0 heterocycles. The van der Waals surface area contributed by atoms with Gasteiger partial charge in [-0.2, -0.15) is 5.26 Å². The Morgan fingerprint density at radius 3 is 2.58 bits per heavy atom. The van der Waals surface area contributed by atoms with Gasteiger partial charge in [0, 0.05) is 18.6 Å². The van der Waals surface area contributed by atoms with E-state index in [1.165, 1.54) is 0 Å². The summed E-state index contributed by atoms with van der Waals surface area (Å²) in [5.74, 6) is 0. The van der Waals surface area contributed by atoms with Crippen molar-refractivity contribution in [3.8, 4) is 6.07 Å². The number of hydrogen-bond donors (Lipinski definition) is 1. The molecule has 0 aromatic rings. The molecule has 2 N–H and O–H groups in total. The van der Waals surface area contributed by atoms with Crippen molar-refractivity contribution in [2.75, 3.05) is 13.2 Å². The lowest BCUT2D eigenvalue weighted by molar-refractivity contribution is 0.0946. The van der Waals surface area contributed by atoms with Gasteiger partial charge < -0.3 is 10.5 Å². The minimum Gasteiger partial charge on any atom is -0.380 e. The third-order valence-corrected chi connectivity index (χ3v) is 1.30. The molecule has 0 rings (SSSR count).